The average Bonchev–Trinajstić information content (AvgIpc) is 2.61. The van der Waals surface area contributed by atoms with Crippen LogP contribution in [-0.4, -0.2) is 41.4 Å². The number of rotatable bonds is 1. The summed E-state index contributed by atoms with van der Waals surface area (Å²) in [6, 6.07) is 0.935. The first-order valence-corrected chi connectivity index (χ1v) is 5.44. The van der Waals surface area contributed by atoms with Crippen molar-refractivity contribution in [2.45, 2.75) is 0 Å². The van der Waals surface area contributed by atoms with Gasteiger partial charge < -0.3 is 10.2 Å². The Balaban J connectivity index is 2.08. The number of urea groups is 1. The predicted molar refractivity (Wildman–Crippen MR) is 66.5 cm³/mol. The Morgan fingerprint density at radius 2 is 2.44 bits per heavy atom. The molecule has 1 aromatic heterocycles. The third kappa shape index (κ3) is 2.75. The van der Waals surface area contributed by atoms with Gasteiger partial charge in [-0.25, -0.2) is 4.79 Å². The van der Waals surface area contributed by atoms with Crippen LogP contribution in [0, 0.1) is 0 Å². The normalized spacial score (nSPS) is 16.9. The maximum atomic E-state index is 11.6. The van der Waals surface area contributed by atoms with Crippen molar-refractivity contribution >= 4 is 35.2 Å². The lowest BCUT2D eigenvalue weighted by atomic mass is 10.4. The molecule has 0 atom stereocenters. The quantitative estimate of drug-likeness (QED) is 0.784. The number of carbonyl (C=O) groups excluding carboxylic acids is 2. The third-order valence-corrected chi connectivity index (χ3v) is 2.52. The van der Waals surface area contributed by atoms with E-state index in [-0.39, 0.29) is 18.4 Å². The molecular weight excluding hydrogens is 258 g/mol. The molecular formula is C10H10ClN5O2. The van der Waals surface area contributed by atoms with E-state index in [4.69, 9.17) is 11.6 Å². The standard InChI is InChI=1S/C10H10ClN5O2/c1-16-5-8(17)14-9(16)15-10(18)13-7-2-3-12-4-6(7)11/h2-4H,5H2,1H3,(H2,12,13,14,15,17,18). The van der Waals surface area contributed by atoms with E-state index in [2.05, 4.69) is 20.6 Å². The maximum absolute atomic E-state index is 11.6. The zero-order valence-corrected chi connectivity index (χ0v) is 10.2. The molecule has 0 spiro atoms. The van der Waals surface area contributed by atoms with E-state index in [1.807, 2.05) is 0 Å². The molecule has 1 aliphatic rings. The molecule has 0 aromatic carbocycles. The summed E-state index contributed by atoms with van der Waals surface area (Å²) < 4.78 is 0. The number of hydrogen-bond donors (Lipinski definition) is 2. The van der Waals surface area contributed by atoms with Gasteiger partial charge >= 0.3 is 6.03 Å². The summed E-state index contributed by atoms with van der Waals surface area (Å²) >= 11 is 5.83. The minimum absolute atomic E-state index is 0.183. The SMILES string of the molecule is CN1CC(=O)NC1=NC(=O)Nc1ccncc1Cl. The number of aliphatic imine (C=N–C) groups is 1. The van der Waals surface area contributed by atoms with Gasteiger partial charge in [-0.1, -0.05) is 11.6 Å². The molecule has 2 rings (SSSR count). The zero-order valence-electron chi connectivity index (χ0n) is 9.48. The van der Waals surface area contributed by atoms with Gasteiger partial charge in [0.25, 0.3) is 0 Å². The van der Waals surface area contributed by atoms with Gasteiger partial charge in [0.15, 0.2) is 0 Å². The summed E-state index contributed by atoms with van der Waals surface area (Å²) in [4.78, 5) is 31.7. The number of anilines is 1. The van der Waals surface area contributed by atoms with Crippen molar-refractivity contribution in [3.05, 3.63) is 23.5 Å². The molecule has 18 heavy (non-hydrogen) atoms. The van der Waals surface area contributed by atoms with E-state index in [1.54, 1.807) is 13.1 Å². The summed E-state index contributed by atoms with van der Waals surface area (Å²) in [6.07, 6.45) is 2.91. The van der Waals surface area contributed by atoms with Crippen molar-refractivity contribution in [1.82, 2.24) is 15.2 Å². The molecule has 1 fully saturated rings. The number of carbonyl (C=O) groups is 2. The maximum Gasteiger partial charge on any atom is 0.348 e. The van der Waals surface area contributed by atoms with Gasteiger partial charge in [0.05, 0.1) is 17.3 Å². The average molecular weight is 268 g/mol. The second-order valence-corrected chi connectivity index (χ2v) is 4.03. The van der Waals surface area contributed by atoms with Crippen LogP contribution in [-0.2, 0) is 4.79 Å². The highest BCUT2D eigenvalue weighted by Crippen LogP contribution is 2.19. The summed E-state index contributed by atoms with van der Waals surface area (Å²) in [7, 11) is 1.66. The second-order valence-electron chi connectivity index (χ2n) is 3.63. The predicted octanol–water partition coefficient (Wildman–Crippen LogP) is 0.684. The fourth-order valence-corrected chi connectivity index (χ4v) is 1.55. The van der Waals surface area contributed by atoms with Crippen LogP contribution in [0.4, 0.5) is 10.5 Å². The van der Waals surface area contributed by atoms with E-state index in [0.29, 0.717) is 10.7 Å². The highest BCUT2D eigenvalue weighted by molar-refractivity contribution is 6.33. The summed E-state index contributed by atoms with van der Waals surface area (Å²) in [5.41, 5.74) is 0.410. The molecule has 1 aliphatic heterocycles. The Bertz CT molecular complexity index is 531. The Morgan fingerprint density at radius 1 is 1.67 bits per heavy atom. The Kier molecular flexibility index (Phi) is 3.42. The fraction of sp³-hybridized carbons (Fsp3) is 0.200. The number of nitrogens with one attached hydrogen (secondary N) is 2. The fourth-order valence-electron chi connectivity index (χ4n) is 1.38. The number of amides is 3. The van der Waals surface area contributed by atoms with Crippen LogP contribution >= 0.6 is 11.6 Å². The molecule has 1 aromatic rings. The Labute approximate surface area is 108 Å². The number of aromatic nitrogens is 1. The smallest absolute Gasteiger partial charge is 0.336 e. The molecule has 0 unspecified atom stereocenters. The molecule has 2 heterocycles. The van der Waals surface area contributed by atoms with E-state index in [0.717, 1.165) is 0 Å². The van der Waals surface area contributed by atoms with Crippen LogP contribution in [0.3, 0.4) is 0 Å². The van der Waals surface area contributed by atoms with Crippen molar-refractivity contribution < 1.29 is 9.59 Å². The van der Waals surface area contributed by atoms with E-state index in [1.165, 1.54) is 17.3 Å². The van der Waals surface area contributed by atoms with Crippen LogP contribution in [0.2, 0.25) is 5.02 Å². The Hall–Kier alpha value is -2.15. The van der Waals surface area contributed by atoms with Gasteiger partial charge in [-0.15, -0.1) is 0 Å². The van der Waals surface area contributed by atoms with Crippen LogP contribution in [0.15, 0.2) is 23.5 Å². The number of nitrogens with zero attached hydrogens (tertiary/aromatic N) is 3. The van der Waals surface area contributed by atoms with Crippen molar-refractivity contribution in [3.8, 4) is 0 Å². The molecule has 0 aliphatic carbocycles. The number of guanidine groups is 1. The summed E-state index contributed by atoms with van der Waals surface area (Å²) in [5, 5.41) is 5.28. The first kappa shape index (κ1) is 12.3. The van der Waals surface area contributed by atoms with Crippen molar-refractivity contribution in [1.29, 1.82) is 0 Å². The lowest BCUT2D eigenvalue weighted by molar-refractivity contribution is -0.118. The molecule has 3 amide bonds. The van der Waals surface area contributed by atoms with Crippen molar-refractivity contribution in [2.24, 2.45) is 4.99 Å². The summed E-state index contributed by atoms with van der Waals surface area (Å²) in [6.45, 7) is 0.183. The van der Waals surface area contributed by atoms with E-state index in [9.17, 15) is 9.59 Å². The van der Waals surface area contributed by atoms with Gasteiger partial charge in [0, 0.05) is 19.4 Å². The third-order valence-electron chi connectivity index (χ3n) is 2.22. The molecule has 0 saturated carbocycles. The largest absolute Gasteiger partial charge is 0.348 e. The molecule has 94 valence electrons. The first-order chi connectivity index (χ1) is 8.56. The molecule has 0 radical (unpaired) electrons. The zero-order chi connectivity index (χ0) is 13.1. The minimum Gasteiger partial charge on any atom is -0.336 e. The molecule has 1 saturated heterocycles. The van der Waals surface area contributed by atoms with Gasteiger partial charge in [-0.2, -0.15) is 4.99 Å². The van der Waals surface area contributed by atoms with Crippen molar-refractivity contribution in [2.75, 3.05) is 18.9 Å². The van der Waals surface area contributed by atoms with Gasteiger partial charge in [-0.3, -0.25) is 15.1 Å². The van der Waals surface area contributed by atoms with Crippen molar-refractivity contribution in [3.63, 3.8) is 0 Å². The number of halogens is 1. The van der Waals surface area contributed by atoms with Crippen LogP contribution in [0.25, 0.3) is 0 Å². The Morgan fingerprint density at radius 3 is 3.06 bits per heavy atom. The van der Waals surface area contributed by atoms with Crippen LogP contribution in [0.1, 0.15) is 0 Å². The summed E-state index contributed by atoms with van der Waals surface area (Å²) in [5.74, 6) is 0.00803. The number of hydrogen-bond acceptors (Lipinski definition) is 3. The number of likely N-dealkylation sites (N-methyl/N-ethyl adjacent to an activating group) is 1. The molecule has 0 bridgehead atoms. The number of pyridine rings is 1. The lowest BCUT2D eigenvalue weighted by Gasteiger charge is -2.08. The lowest BCUT2D eigenvalue weighted by Crippen LogP contribution is -2.29. The molecule has 7 nitrogen and oxygen atoms in total. The van der Waals surface area contributed by atoms with Gasteiger partial charge in [-0.05, 0) is 6.07 Å². The van der Waals surface area contributed by atoms with Gasteiger partial charge in [0.1, 0.15) is 0 Å². The van der Waals surface area contributed by atoms with Crippen LogP contribution in [0.5, 0.6) is 0 Å². The van der Waals surface area contributed by atoms with Crippen LogP contribution < -0.4 is 10.6 Å². The second kappa shape index (κ2) is 5.01. The highest BCUT2D eigenvalue weighted by atomic mass is 35.5. The van der Waals surface area contributed by atoms with E-state index >= 15 is 0 Å². The first-order valence-electron chi connectivity index (χ1n) is 5.06. The monoisotopic (exact) mass is 267 g/mol. The molecule has 8 heteroatoms. The van der Waals surface area contributed by atoms with Gasteiger partial charge in [0.2, 0.25) is 11.9 Å². The minimum atomic E-state index is -0.618. The van der Waals surface area contributed by atoms with E-state index < -0.39 is 6.03 Å². The highest BCUT2D eigenvalue weighted by Gasteiger charge is 2.22. The topological polar surface area (TPSA) is 86.7 Å². The molecule has 2 N–H and O–H groups in total.